The van der Waals surface area contributed by atoms with Gasteiger partial charge in [-0.2, -0.15) is 9.97 Å². The summed E-state index contributed by atoms with van der Waals surface area (Å²) >= 11 is 0. The Morgan fingerprint density at radius 2 is 2.11 bits per heavy atom. The number of hydrogen-bond acceptors (Lipinski definition) is 6. The number of aryl methyl sites for hydroxylation is 1. The number of nitrogens with zero attached hydrogens (tertiary/aromatic N) is 4. The monoisotopic (exact) mass is 504 g/mol. The predicted octanol–water partition coefficient (Wildman–Crippen LogP) is 5.07. The minimum absolute atomic E-state index is 0.0132. The van der Waals surface area contributed by atoms with Gasteiger partial charge in [-0.3, -0.25) is 9.88 Å². The highest BCUT2D eigenvalue weighted by molar-refractivity contribution is 6.02. The van der Waals surface area contributed by atoms with Gasteiger partial charge in [-0.25, -0.2) is 13.2 Å². The van der Waals surface area contributed by atoms with Gasteiger partial charge in [0, 0.05) is 35.5 Å². The summed E-state index contributed by atoms with van der Waals surface area (Å²) < 4.78 is 50.6. The number of rotatable bonds is 4. The van der Waals surface area contributed by atoms with Gasteiger partial charge in [0.05, 0.1) is 16.8 Å². The van der Waals surface area contributed by atoms with E-state index in [4.69, 9.17) is 11.2 Å². The Morgan fingerprint density at radius 1 is 1.27 bits per heavy atom. The number of phenolic OH excluding ortho intramolecular Hbond substituents is 1. The first kappa shape index (κ1) is 23.5. The molecule has 4 aromatic rings. The SMILES string of the molecule is C#Cc1c(F)ccc2cc(O)cc(-c3ncc4c(C)nc(OC[C@@]56CCCN5C[C@H](F)C6)nc4c3F)c12. The first-order valence-corrected chi connectivity index (χ1v) is 12.1. The van der Waals surface area contributed by atoms with Crippen molar-refractivity contribution in [2.45, 2.75) is 37.9 Å². The van der Waals surface area contributed by atoms with Crippen molar-refractivity contribution in [2.75, 3.05) is 19.7 Å². The Hall–Kier alpha value is -3.90. The normalized spacial score (nSPS) is 21.4. The lowest BCUT2D eigenvalue weighted by atomic mass is 9.95. The van der Waals surface area contributed by atoms with E-state index < -0.39 is 23.3 Å². The maximum absolute atomic E-state index is 16.0. The Balaban J connectivity index is 1.45. The van der Waals surface area contributed by atoms with Crippen LogP contribution in [0.15, 0.2) is 30.5 Å². The van der Waals surface area contributed by atoms with E-state index in [1.54, 1.807) is 6.92 Å². The fourth-order valence-corrected chi connectivity index (χ4v) is 5.83. The van der Waals surface area contributed by atoms with Gasteiger partial charge in [-0.15, -0.1) is 6.42 Å². The van der Waals surface area contributed by atoms with Crippen LogP contribution in [0.2, 0.25) is 0 Å². The maximum Gasteiger partial charge on any atom is 0.317 e. The standard InChI is InChI=1S/C28H23F3N4O2/c1-3-19-22(30)6-5-16-9-18(36)10-20(23(16)19)25-24(31)26-21(12-32-25)15(2)33-27(34-26)37-14-28-7-4-8-35(28)13-17(29)11-28/h1,5-6,9-10,12,17,36H,4,7-8,11,13-14H2,2H3/t17-,28+/m1/s1. The van der Waals surface area contributed by atoms with Crippen molar-refractivity contribution in [1.29, 1.82) is 0 Å². The van der Waals surface area contributed by atoms with E-state index in [2.05, 4.69) is 25.8 Å². The van der Waals surface area contributed by atoms with E-state index >= 15 is 4.39 Å². The molecule has 0 bridgehead atoms. The average molecular weight is 505 g/mol. The lowest BCUT2D eigenvalue weighted by molar-refractivity contribution is 0.107. The van der Waals surface area contributed by atoms with Gasteiger partial charge in [0.25, 0.3) is 0 Å². The first-order valence-electron chi connectivity index (χ1n) is 12.1. The van der Waals surface area contributed by atoms with Gasteiger partial charge in [-0.1, -0.05) is 12.0 Å². The number of terminal acetylenes is 1. The Kier molecular flexibility index (Phi) is 5.46. The van der Waals surface area contributed by atoms with Gasteiger partial charge >= 0.3 is 6.01 Å². The molecular formula is C28H23F3N4O2. The van der Waals surface area contributed by atoms with Gasteiger partial charge < -0.3 is 9.84 Å². The third-order valence-electron chi connectivity index (χ3n) is 7.54. The average Bonchev–Trinajstić information content (AvgIpc) is 3.39. The Labute approximate surface area is 211 Å². The Bertz CT molecular complexity index is 1620. The van der Waals surface area contributed by atoms with E-state index in [1.165, 1.54) is 30.5 Å². The number of ether oxygens (including phenoxy) is 1. The van der Waals surface area contributed by atoms with Crippen LogP contribution in [0.3, 0.4) is 0 Å². The van der Waals surface area contributed by atoms with Gasteiger partial charge in [0.1, 0.15) is 35.6 Å². The maximum atomic E-state index is 16.0. The third-order valence-corrected chi connectivity index (χ3v) is 7.54. The summed E-state index contributed by atoms with van der Waals surface area (Å²) in [5.74, 6) is 0.756. The molecule has 0 radical (unpaired) electrons. The van der Waals surface area contributed by atoms with Crippen LogP contribution in [-0.4, -0.2) is 56.4 Å². The number of aromatic hydroxyl groups is 1. The summed E-state index contributed by atoms with van der Waals surface area (Å²) in [5, 5.41) is 11.4. The molecule has 2 atom stereocenters. The molecule has 2 aromatic carbocycles. The fraction of sp³-hybridized carbons (Fsp3) is 0.321. The third kappa shape index (κ3) is 3.75. The molecular weight excluding hydrogens is 481 g/mol. The highest BCUT2D eigenvalue weighted by Crippen LogP contribution is 2.41. The van der Waals surface area contributed by atoms with E-state index in [9.17, 15) is 13.9 Å². The molecule has 1 N–H and O–H groups in total. The van der Waals surface area contributed by atoms with Crippen LogP contribution in [-0.2, 0) is 0 Å². The molecule has 0 amide bonds. The van der Waals surface area contributed by atoms with Crippen LogP contribution >= 0.6 is 0 Å². The second kappa shape index (κ2) is 8.60. The molecule has 2 saturated heterocycles. The summed E-state index contributed by atoms with van der Waals surface area (Å²) in [4.78, 5) is 15.1. The Morgan fingerprint density at radius 3 is 2.92 bits per heavy atom. The molecule has 37 heavy (non-hydrogen) atoms. The van der Waals surface area contributed by atoms with Gasteiger partial charge in [0.2, 0.25) is 0 Å². The summed E-state index contributed by atoms with van der Waals surface area (Å²) in [5.41, 5.74) is -0.0242. The molecule has 6 nitrogen and oxygen atoms in total. The van der Waals surface area contributed by atoms with Gasteiger partial charge in [-0.05, 0) is 49.9 Å². The van der Waals surface area contributed by atoms with Crippen LogP contribution in [0.5, 0.6) is 11.8 Å². The van der Waals surface area contributed by atoms with Crippen molar-refractivity contribution >= 4 is 21.7 Å². The molecule has 0 aliphatic carbocycles. The molecule has 4 heterocycles. The molecule has 0 spiro atoms. The smallest absolute Gasteiger partial charge is 0.317 e. The zero-order chi connectivity index (χ0) is 25.9. The molecule has 0 unspecified atom stereocenters. The van der Waals surface area contributed by atoms with Crippen molar-refractivity contribution in [3.05, 3.63) is 53.4 Å². The zero-order valence-electron chi connectivity index (χ0n) is 20.1. The highest BCUT2D eigenvalue weighted by Gasteiger charge is 2.49. The van der Waals surface area contributed by atoms with Crippen LogP contribution in [0.25, 0.3) is 32.9 Å². The van der Waals surface area contributed by atoms with E-state index in [1.807, 2.05) is 0 Å². The second-order valence-electron chi connectivity index (χ2n) is 9.80. The molecule has 0 saturated carbocycles. The summed E-state index contributed by atoms with van der Waals surface area (Å²) in [6.45, 7) is 3.12. The molecule has 2 aliphatic rings. The van der Waals surface area contributed by atoms with Crippen molar-refractivity contribution in [1.82, 2.24) is 19.9 Å². The number of alkyl halides is 1. The number of benzene rings is 2. The quantitative estimate of drug-likeness (QED) is 0.391. The van der Waals surface area contributed by atoms with Crippen molar-refractivity contribution < 1.29 is 23.0 Å². The van der Waals surface area contributed by atoms with Crippen LogP contribution < -0.4 is 4.74 Å². The molecule has 9 heteroatoms. The van der Waals surface area contributed by atoms with E-state index in [0.29, 0.717) is 29.4 Å². The fourth-order valence-electron chi connectivity index (χ4n) is 5.83. The van der Waals surface area contributed by atoms with Crippen molar-refractivity contribution in [3.8, 4) is 35.4 Å². The lowest BCUT2D eigenvalue weighted by Gasteiger charge is -2.30. The van der Waals surface area contributed by atoms with Crippen LogP contribution in [0.4, 0.5) is 13.2 Å². The number of hydrogen-bond donors (Lipinski definition) is 1. The first-order chi connectivity index (χ1) is 17.8. The minimum atomic E-state index is -0.899. The van der Waals surface area contributed by atoms with Crippen LogP contribution in [0, 0.1) is 30.9 Å². The highest BCUT2D eigenvalue weighted by atomic mass is 19.1. The van der Waals surface area contributed by atoms with Crippen LogP contribution in [0.1, 0.15) is 30.5 Å². The largest absolute Gasteiger partial charge is 0.508 e. The molecule has 6 rings (SSSR count). The number of halogens is 3. The summed E-state index contributed by atoms with van der Waals surface area (Å²) in [6.07, 6.45) is 8.28. The zero-order valence-corrected chi connectivity index (χ0v) is 20.1. The topological polar surface area (TPSA) is 71.4 Å². The second-order valence-corrected chi connectivity index (χ2v) is 9.80. The molecule has 188 valence electrons. The van der Waals surface area contributed by atoms with E-state index in [-0.39, 0.29) is 46.1 Å². The lowest BCUT2D eigenvalue weighted by Crippen LogP contribution is -2.43. The van der Waals surface area contributed by atoms with Gasteiger partial charge in [0.15, 0.2) is 5.82 Å². The number of pyridine rings is 1. The van der Waals surface area contributed by atoms with E-state index in [0.717, 1.165) is 19.4 Å². The summed E-state index contributed by atoms with van der Waals surface area (Å²) in [6, 6.07) is 5.37. The summed E-state index contributed by atoms with van der Waals surface area (Å²) in [7, 11) is 0. The molecule has 2 fully saturated rings. The number of aromatic nitrogens is 3. The number of fused-ring (bicyclic) bond motifs is 3. The molecule has 2 aliphatic heterocycles. The van der Waals surface area contributed by atoms with Crippen molar-refractivity contribution in [2.24, 2.45) is 0 Å². The predicted molar refractivity (Wildman–Crippen MR) is 133 cm³/mol. The minimum Gasteiger partial charge on any atom is -0.508 e. The molecule has 2 aromatic heterocycles. The van der Waals surface area contributed by atoms with Crippen molar-refractivity contribution in [3.63, 3.8) is 0 Å². The number of phenols is 1.